The first-order valence-electron chi connectivity index (χ1n) is 4.50. The quantitative estimate of drug-likeness (QED) is 0.740. The summed E-state index contributed by atoms with van der Waals surface area (Å²) in [5.74, 6) is -0.0672. The van der Waals surface area contributed by atoms with Crippen molar-refractivity contribution >= 4 is 18.4 Å². The lowest BCUT2D eigenvalue weighted by atomic mass is 9.82. The van der Waals surface area contributed by atoms with Crippen molar-refractivity contribution in [2.24, 2.45) is 17.1 Å². The Hall–Kier alpha value is -0.280. The molecule has 0 unspecified atom stereocenters. The minimum absolute atomic E-state index is 0. The van der Waals surface area contributed by atoms with Gasteiger partial charge in [-0.05, 0) is 30.7 Å². The molecule has 1 aliphatic carbocycles. The molecular formula is C9H18ClNO2. The van der Waals surface area contributed by atoms with E-state index in [0.717, 1.165) is 19.3 Å². The summed E-state index contributed by atoms with van der Waals surface area (Å²) in [7, 11) is 0. The van der Waals surface area contributed by atoms with Gasteiger partial charge in [-0.3, -0.25) is 4.79 Å². The van der Waals surface area contributed by atoms with Crippen LogP contribution in [0.4, 0.5) is 0 Å². The van der Waals surface area contributed by atoms with Crippen LogP contribution in [0.2, 0.25) is 0 Å². The number of nitrogens with two attached hydrogens (primary N) is 1. The molecule has 0 spiro atoms. The summed E-state index contributed by atoms with van der Waals surface area (Å²) < 4.78 is 0. The highest BCUT2D eigenvalue weighted by Crippen LogP contribution is 2.43. The molecule has 0 radical (unpaired) electrons. The van der Waals surface area contributed by atoms with Crippen molar-refractivity contribution in [1.82, 2.24) is 0 Å². The Morgan fingerprint density at radius 3 is 2.62 bits per heavy atom. The van der Waals surface area contributed by atoms with Gasteiger partial charge < -0.3 is 10.8 Å². The second kappa shape index (κ2) is 4.82. The van der Waals surface area contributed by atoms with Gasteiger partial charge in [0.1, 0.15) is 0 Å². The first kappa shape index (κ1) is 12.7. The molecule has 0 heterocycles. The first-order valence-corrected chi connectivity index (χ1v) is 4.50. The van der Waals surface area contributed by atoms with Crippen molar-refractivity contribution in [3.05, 3.63) is 0 Å². The minimum Gasteiger partial charge on any atom is -0.481 e. The van der Waals surface area contributed by atoms with Gasteiger partial charge in [-0.1, -0.05) is 13.3 Å². The third-order valence-electron chi connectivity index (χ3n) is 2.91. The van der Waals surface area contributed by atoms with Crippen molar-refractivity contribution in [2.75, 3.05) is 6.54 Å². The maximum Gasteiger partial charge on any atom is 0.303 e. The van der Waals surface area contributed by atoms with Crippen LogP contribution in [0.25, 0.3) is 0 Å². The number of carboxylic acids is 1. The van der Waals surface area contributed by atoms with E-state index in [1.165, 1.54) is 0 Å². The van der Waals surface area contributed by atoms with Gasteiger partial charge in [-0.2, -0.15) is 0 Å². The van der Waals surface area contributed by atoms with Crippen LogP contribution >= 0.6 is 12.4 Å². The SMILES string of the molecule is C[C@H]1CC[C@@](CN)(CC(=O)O)C1.Cl. The predicted octanol–water partition coefficient (Wildman–Crippen LogP) is 1.65. The summed E-state index contributed by atoms with van der Waals surface area (Å²) in [6.45, 7) is 2.68. The lowest BCUT2D eigenvalue weighted by Gasteiger charge is -2.25. The summed E-state index contributed by atoms with van der Waals surface area (Å²) in [4.78, 5) is 10.6. The van der Waals surface area contributed by atoms with Crippen LogP contribution in [0.5, 0.6) is 0 Å². The second-order valence-electron chi connectivity index (χ2n) is 4.12. The second-order valence-corrected chi connectivity index (χ2v) is 4.12. The number of carbonyl (C=O) groups is 1. The fraction of sp³-hybridized carbons (Fsp3) is 0.889. The van der Waals surface area contributed by atoms with E-state index >= 15 is 0 Å². The predicted molar refractivity (Wildman–Crippen MR) is 54.0 cm³/mol. The van der Waals surface area contributed by atoms with Crippen LogP contribution in [-0.2, 0) is 4.79 Å². The van der Waals surface area contributed by atoms with Crippen LogP contribution < -0.4 is 5.73 Å². The standard InChI is InChI=1S/C9H17NO2.ClH/c1-7-2-3-9(4-7,6-10)5-8(11)12;/h7H,2-6,10H2,1H3,(H,11,12);1H/t7-,9-;/m0./s1. The van der Waals surface area contributed by atoms with Crippen LogP contribution in [0.1, 0.15) is 32.6 Å². The molecular weight excluding hydrogens is 190 g/mol. The molecule has 4 heteroatoms. The van der Waals surface area contributed by atoms with Crippen molar-refractivity contribution < 1.29 is 9.90 Å². The molecule has 3 nitrogen and oxygen atoms in total. The number of aliphatic carboxylic acids is 1. The van der Waals surface area contributed by atoms with Crippen molar-refractivity contribution in [2.45, 2.75) is 32.6 Å². The Morgan fingerprint density at radius 1 is 1.69 bits per heavy atom. The van der Waals surface area contributed by atoms with Gasteiger partial charge >= 0.3 is 5.97 Å². The van der Waals surface area contributed by atoms with Gasteiger partial charge in [0.15, 0.2) is 0 Å². The summed E-state index contributed by atoms with van der Waals surface area (Å²) in [6, 6.07) is 0. The Kier molecular flexibility index (Phi) is 4.71. The monoisotopic (exact) mass is 207 g/mol. The van der Waals surface area contributed by atoms with Crippen LogP contribution in [0.3, 0.4) is 0 Å². The average Bonchev–Trinajstić information content (AvgIpc) is 2.32. The van der Waals surface area contributed by atoms with E-state index in [4.69, 9.17) is 10.8 Å². The lowest BCUT2D eigenvalue weighted by Crippen LogP contribution is -2.30. The van der Waals surface area contributed by atoms with E-state index in [0.29, 0.717) is 12.5 Å². The van der Waals surface area contributed by atoms with E-state index in [1.807, 2.05) is 0 Å². The zero-order valence-corrected chi connectivity index (χ0v) is 8.77. The molecule has 0 aromatic rings. The fourth-order valence-electron chi connectivity index (χ4n) is 2.23. The molecule has 1 aliphatic rings. The zero-order chi connectivity index (χ0) is 9.19. The van der Waals surface area contributed by atoms with Gasteiger partial charge in [-0.15, -0.1) is 12.4 Å². The molecule has 78 valence electrons. The minimum atomic E-state index is -0.713. The Morgan fingerprint density at radius 2 is 2.31 bits per heavy atom. The molecule has 0 aromatic carbocycles. The molecule has 13 heavy (non-hydrogen) atoms. The summed E-state index contributed by atoms with van der Waals surface area (Å²) in [5.41, 5.74) is 5.52. The number of halogens is 1. The Labute approximate surface area is 85.1 Å². The van der Waals surface area contributed by atoms with E-state index in [-0.39, 0.29) is 24.2 Å². The Balaban J connectivity index is 0.00000144. The lowest BCUT2D eigenvalue weighted by molar-refractivity contribution is -0.139. The molecule has 1 rings (SSSR count). The Bertz CT molecular complexity index is 186. The summed E-state index contributed by atoms with van der Waals surface area (Å²) in [6.07, 6.45) is 3.34. The van der Waals surface area contributed by atoms with Gasteiger partial charge in [0, 0.05) is 0 Å². The topological polar surface area (TPSA) is 63.3 Å². The molecule has 1 saturated carbocycles. The van der Waals surface area contributed by atoms with Crippen molar-refractivity contribution in [3.63, 3.8) is 0 Å². The number of hydrogen-bond donors (Lipinski definition) is 2. The third-order valence-corrected chi connectivity index (χ3v) is 2.91. The zero-order valence-electron chi connectivity index (χ0n) is 7.95. The molecule has 1 fully saturated rings. The number of carboxylic acid groups (broad SMARTS) is 1. The highest BCUT2D eigenvalue weighted by atomic mass is 35.5. The molecule has 0 aromatic heterocycles. The smallest absolute Gasteiger partial charge is 0.303 e. The van der Waals surface area contributed by atoms with Crippen LogP contribution in [0, 0.1) is 11.3 Å². The average molecular weight is 208 g/mol. The normalized spacial score (nSPS) is 32.6. The molecule has 0 bridgehead atoms. The van der Waals surface area contributed by atoms with E-state index < -0.39 is 5.97 Å². The summed E-state index contributed by atoms with van der Waals surface area (Å²) in [5, 5.41) is 8.70. The first-order chi connectivity index (χ1) is 5.58. The van der Waals surface area contributed by atoms with Crippen LogP contribution in [-0.4, -0.2) is 17.6 Å². The largest absolute Gasteiger partial charge is 0.481 e. The highest BCUT2D eigenvalue weighted by molar-refractivity contribution is 5.85. The molecule has 0 aliphatic heterocycles. The maximum atomic E-state index is 10.6. The molecule has 2 atom stereocenters. The summed E-state index contributed by atoms with van der Waals surface area (Å²) >= 11 is 0. The number of hydrogen-bond acceptors (Lipinski definition) is 2. The maximum absolute atomic E-state index is 10.6. The van der Waals surface area contributed by atoms with Gasteiger partial charge in [0.05, 0.1) is 6.42 Å². The van der Waals surface area contributed by atoms with Crippen molar-refractivity contribution in [3.8, 4) is 0 Å². The van der Waals surface area contributed by atoms with E-state index in [1.54, 1.807) is 0 Å². The molecule has 3 N–H and O–H groups in total. The number of rotatable bonds is 3. The highest BCUT2D eigenvalue weighted by Gasteiger charge is 2.37. The van der Waals surface area contributed by atoms with Crippen LogP contribution in [0.15, 0.2) is 0 Å². The fourth-order valence-corrected chi connectivity index (χ4v) is 2.23. The van der Waals surface area contributed by atoms with Gasteiger partial charge in [0.25, 0.3) is 0 Å². The van der Waals surface area contributed by atoms with Crippen molar-refractivity contribution in [1.29, 1.82) is 0 Å². The van der Waals surface area contributed by atoms with Gasteiger partial charge in [0.2, 0.25) is 0 Å². The van der Waals surface area contributed by atoms with E-state index in [2.05, 4.69) is 6.92 Å². The molecule has 0 amide bonds. The van der Waals surface area contributed by atoms with E-state index in [9.17, 15) is 4.79 Å². The van der Waals surface area contributed by atoms with Gasteiger partial charge in [-0.25, -0.2) is 0 Å². The molecule has 0 saturated heterocycles. The third kappa shape index (κ3) is 3.16.